The molecule has 4 nitrogen and oxygen atoms in total. The van der Waals surface area contributed by atoms with Gasteiger partial charge in [-0.3, -0.25) is 14.9 Å². The van der Waals surface area contributed by atoms with Crippen molar-refractivity contribution < 1.29 is 9.72 Å². The molecule has 0 bridgehead atoms. The van der Waals surface area contributed by atoms with Gasteiger partial charge >= 0.3 is 10.8 Å². The molecule has 1 atom stereocenters. The molecule has 0 N–H and O–H groups in total. The van der Waals surface area contributed by atoms with E-state index >= 15 is 0 Å². The van der Waals surface area contributed by atoms with E-state index in [9.17, 15) is 14.9 Å². The highest BCUT2D eigenvalue weighted by Gasteiger charge is 2.46. The maximum atomic E-state index is 11.0. The highest BCUT2D eigenvalue weighted by atomic mass is 35.5. The standard InChI is InChI=1S/C9H8ClNO3/c1-9(8(10)12,11(13)14)7-5-3-2-4-6-7/h2-6H,1H3. The molecule has 0 spiro atoms. The van der Waals surface area contributed by atoms with Crippen molar-refractivity contribution in [1.29, 1.82) is 0 Å². The van der Waals surface area contributed by atoms with Crippen LogP contribution in [0, 0.1) is 10.1 Å². The average molecular weight is 214 g/mol. The zero-order chi connectivity index (χ0) is 10.8. The first kappa shape index (κ1) is 10.7. The second kappa shape index (κ2) is 3.75. The normalized spacial score (nSPS) is 14.4. The van der Waals surface area contributed by atoms with Crippen LogP contribution < -0.4 is 0 Å². The van der Waals surface area contributed by atoms with Crippen LogP contribution in [0.3, 0.4) is 0 Å². The first-order valence-electron chi connectivity index (χ1n) is 3.89. The molecule has 0 heterocycles. The predicted molar refractivity (Wildman–Crippen MR) is 51.6 cm³/mol. The molecule has 0 saturated heterocycles. The molecule has 1 aromatic carbocycles. The van der Waals surface area contributed by atoms with Crippen LogP contribution in [0.4, 0.5) is 0 Å². The van der Waals surface area contributed by atoms with Gasteiger partial charge in [0.05, 0.1) is 0 Å². The van der Waals surface area contributed by atoms with Gasteiger partial charge in [0.15, 0.2) is 0 Å². The van der Waals surface area contributed by atoms with Crippen LogP contribution in [0.15, 0.2) is 30.3 Å². The number of nitro groups is 1. The maximum absolute atomic E-state index is 11.0. The van der Waals surface area contributed by atoms with Gasteiger partial charge in [-0.1, -0.05) is 30.3 Å². The molecule has 1 unspecified atom stereocenters. The van der Waals surface area contributed by atoms with E-state index in [-0.39, 0.29) is 5.56 Å². The molecule has 1 rings (SSSR count). The second-order valence-corrected chi connectivity index (χ2v) is 3.31. The van der Waals surface area contributed by atoms with Crippen molar-refractivity contribution in [3.8, 4) is 0 Å². The molecule has 74 valence electrons. The number of rotatable bonds is 3. The molecule has 0 aliphatic heterocycles. The summed E-state index contributed by atoms with van der Waals surface area (Å²) in [6.07, 6.45) is 0. The number of nitrogens with zero attached hydrogens (tertiary/aromatic N) is 1. The Labute approximate surface area is 85.6 Å². The minimum atomic E-state index is -1.86. The van der Waals surface area contributed by atoms with Crippen LogP contribution in [0.5, 0.6) is 0 Å². The van der Waals surface area contributed by atoms with Crippen molar-refractivity contribution in [3.05, 3.63) is 46.0 Å². The number of carbonyl (C=O) groups is 1. The van der Waals surface area contributed by atoms with E-state index in [4.69, 9.17) is 11.6 Å². The molecule has 0 fully saturated rings. The Balaban J connectivity index is 3.27. The number of benzene rings is 1. The third-order valence-corrected chi connectivity index (χ3v) is 2.45. The van der Waals surface area contributed by atoms with Crippen molar-refractivity contribution in [2.75, 3.05) is 0 Å². The summed E-state index contributed by atoms with van der Waals surface area (Å²) in [4.78, 5) is 21.1. The smallest absolute Gasteiger partial charge is 0.273 e. The number of hydrogen-bond donors (Lipinski definition) is 0. The molecule has 0 saturated carbocycles. The minimum Gasteiger partial charge on any atom is -0.273 e. The first-order chi connectivity index (χ1) is 6.49. The summed E-state index contributed by atoms with van der Waals surface area (Å²) in [5, 5.41) is 9.77. The minimum absolute atomic E-state index is 0.282. The van der Waals surface area contributed by atoms with Crippen LogP contribution in [0.25, 0.3) is 0 Å². The molecular weight excluding hydrogens is 206 g/mol. The Morgan fingerprint density at radius 1 is 1.43 bits per heavy atom. The van der Waals surface area contributed by atoms with E-state index < -0.39 is 15.7 Å². The average Bonchev–Trinajstić information content (AvgIpc) is 2.17. The third kappa shape index (κ3) is 1.61. The van der Waals surface area contributed by atoms with E-state index in [1.807, 2.05) is 0 Å². The third-order valence-electron chi connectivity index (χ3n) is 2.08. The van der Waals surface area contributed by atoms with E-state index in [0.717, 1.165) is 0 Å². The summed E-state index contributed by atoms with van der Waals surface area (Å²) in [6, 6.07) is 7.96. The van der Waals surface area contributed by atoms with Crippen LogP contribution in [-0.2, 0) is 10.3 Å². The lowest BCUT2D eigenvalue weighted by Crippen LogP contribution is -2.37. The van der Waals surface area contributed by atoms with Crippen molar-refractivity contribution in [2.24, 2.45) is 0 Å². The van der Waals surface area contributed by atoms with Gasteiger partial charge in [-0.2, -0.15) is 0 Å². The Hall–Kier alpha value is -1.42. The van der Waals surface area contributed by atoms with E-state index in [1.54, 1.807) is 18.2 Å². The fourth-order valence-electron chi connectivity index (χ4n) is 1.05. The zero-order valence-corrected chi connectivity index (χ0v) is 8.19. The summed E-state index contributed by atoms with van der Waals surface area (Å²) in [5.74, 6) is 0. The monoisotopic (exact) mass is 213 g/mol. The number of halogens is 1. The van der Waals surface area contributed by atoms with E-state index in [1.165, 1.54) is 19.1 Å². The van der Waals surface area contributed by atoms with Gasteiger partial charge in [-0.25, -0.2) is 0 Å². The summed E-state index contributed by atoms with van der Waals surface area (Å²) in [6.45, 7) is 1.19. The van der Waals surface area contributed by atoms with Gasteiger partial charge < -0.3 is 0 Å². The molecule has 0 radical (unpaired) electrons. The van der Waals surface area contributed by atoms with Crippen molar-refractivity contribution >= 4 is 16.8 Å². The number of carbonyl (C=O) groups excluding carboxylic acids is 1. The number of hydrogen-bond acceptors (Lipinski definition) is 3. The largest absolute Gasteiger partial charge is 0.316 e. The van der Waals surface area contributed by atoms with Gasteiger partial charge in [-0.05, 0) is 11.6 Å². The fraction of sp³-hybridized carbons (Fsp3) is 0.222. The quantitative estimate of drug-likeness (QED) is 0.438. The van der Waals surface area contributed by atoms with Crippen LogP contribution in [-0.4, -0.2) is 10.2 Å². The molecule has 1 aromatic rings. The van der Waals surface area contributed by atoms with Crippen molar-refractivity contribution in [2.45, 2.75) is 12.5 Å². The SMILES string of the molecule is CC(C(=O)Cl)(c1ccccc1)[N+](=O)[O-]. The summed E-state index contributed by atoms with van der Waals surface area (Å²) in [7, 11) is 0. The molecule has 0 aliphatic carbocycles. The van der Waals surface area contributed by atoms with Gasteiger partial charge in [0.1, 0.15) is 0 Å². The van der Waals surface area contributed by atoms with E-state index in [2.05, 4.69) is 0 Å². The summed E-state index contributed by atoms with van der Waals surface area (Å²) >= 11 is 5.23. The molecule has 14 heavy (non-hydrogen) atoms. The lowest BCUT2D eigenvalue weighted by Gasteiger charge is -2.16. The second-order valence-electron chi connectivity index (χ2n) is 2.97. The maximum Gasteiger partial charge on any atom is 0.316 e. The van der Waals surface area contributed by atoms with Gasteiger partial charge in [0, 0.05) is 17.4 Å². The van der Waals surface area contributed by atoms with Gasteiger partial charge in [-0.15, -0.1) is 0 Å². The summed E-state index contributed by atoms with van der Waals surface area (Å²) in [5.41, 5.74) is -1.58. The molecule has 0 aromatic heterocycles. The molecular formula is C9H8ClNO3. The first-order valence-corrected chi connectivity index (χ1v) is 4.27. The highest BCUT2D eigenvalue weighted by Crippen LogP contribution is 2.26. The topological polar surface area (TPSA) is 60.2 Å². The van der Waals surface area contributed by atoms with Gasteiger partial charge in [0.25, 0.3) is 0 Å². The fourth-order valence-corrected chi connectivity index (χ4v) is 1.23. The van der Waals surface area contributed by atoms with Crippen molar-refractivity contribution in [3.63, 3.8) is 0 Å². The Kier molecular flexibility index (Phi) is 2.86. The van der Waals surface area contributed by atoms with Crippen LogP contribution in [0.2, 0.25) is 0 Å². The summed E-state index contributed by atoms with van der Waals surface area (Å²) < 4.78 is 0. The van der Waals surface area contributed by atoms with Crippen LogP contribution in [0.1, 0.15) is 12.5 Å². The predicted octanol–water partition coefficient (Wildman–Crippen LogP) is 1.94. The molecule has 0 aliphatic rings. The van der Waals surface area contributed by atoms with Crippen molar-refractivity contribution in [1.82, 2.24) is 0 Å². The van der Waals surface area contributed by atoms with Gasteiger partial charge in [0.2, 0.25) is 0 Å². The Morgan fingerprint density at radius 3 is 2.29 bits per heavy atom. The zero-order valence-electron chi connectivity index (χ0n) is 7.44. The lowest BCUT2D eigenvalue weighted by atomic mass is 9.94. The Bertz CT molecular complexity index is 350. The lowest BCUT2D eigenvalue weighted by molar-refractivity contribution is -0.554. The Morgan fingerprint density at radius 2 is 1.93 bits per heavy atom. The molecule has 5 heteroatoms. The highest BCUT2D eigenvalue weighted by molar-refractivity contribution is 6.65. The molecule has 0 amide bonds. The van der Waals surface area contributed by atoms with E-state index in [0.29, 0.717) is 0 Å². The van der Waals surface area contributed by atoms with Crippen LogP contribution >= 0.6 is 11.6 Å².